The molecule has 0 aliphatic carbocycles. The first kappa shape index (κ1) is 20.3. The van der Waals surface area contributed by atoms with E-state index in [-0.39, 0.29) is 11.5 Å². The summed E-state index contributed by atoms with van der Waals surface area (Å²) in [6.07, 6.45) is 2.75. The number of thioether (sulfide) groups is 1. The van der Waals surface area contributed by atoms with Crippen molar-refractivity contribution in [2.24, 2.45) is 0 Å². The molecule has 0 atom stereocenters. The number of carbonyl (C=O) groups is 1. The lowest BCUT2D eigenvalue weighted by Gasteiger charge is -2.31. The van der Waals surface area contributed by atoms with Crippen LogP contribution in [0.2, 0.25) is 0 Å². The number of nitrogens with zero attached hydrogens (tertiary/aromatic N) is 2. The number of aryl methyl sites for hydroxylation is 1. The molecule has 0 saturated carbocycles. The Labute approximate surface area is 185 Å². The van der Waals surface area contributed by atoms with Crippen LogP contribution in [0.1, 0.15) is 35.4 Å². The van der Waals surface area contributed by atoms with Gasteiger partial charge in [-0.05, 0) is 61.7 Å². The third kappa shape index (κ3) is 4.38. The molecule has 1 saturated heterocycles. The van der Waals surface area contributed by atoms with Crippen LogP contribution in [0.25, 0.3) is 10.9 Å². The zero-order chi connectivity index (χ0) is 21.4. The minimum atomic E-state index is -0.0512. The van der Waals surface area contributed by atoms with E-state index >= 15 is 0 Å². The van der Waals surface area contributed by atoms with Crippen molar-refractivity contribution in [1.29, 1.82) is 0 Å². The number of fused-ring (bicyclic) bond motifs is 2. The Balaban J connectivity index is 1.15. The van der Waals surface area contributed by atoms with E-state index in [1.165, 1.54) is 5.56 Å². The summed E-state index contributed by atoms with van der Waals surface area (Å²) >= 11 is 1.89. The maximum Gasteiger partial charge on any atom is 0.258 e. The highest BCUT2D eigenvalue weighted by Crippen LogP contribution is 2.28. The summed E-state index contributed by atoms with van der Waals surface area (Å²) in [5, 5.41) is 4.18. The van der Waals surface area contributed by atoms with Gasteiger partial charge in [-0.3, -0.25) is 14.5 Å². The van der Waals surface area contributed by atoms with Crippen molar-refractivity contribution in [2.75, 3.05) is 18.4 Å². The van der Waals surface area contributed by atoms with Gasteiger partial charge in [-0.2, -0.15) is 11.8 Å². The molecule has 6 nitrogen and oxygen atoms in total. The molecule has 1 fully saturated rings. The van der Waals surface area contributed by atoms with Gasteiger partial charge in [0.25, 0.3) is 5.56 Å². The number of aromatic nitrogens is 2. The maximum atomic E-state index is 12.4. The number of hydrogen-bond donors (Lipinski definition) is 2. The molecular weight excluding hydrogens is 408 g/mol. The van der Waals surface area contributed by atoms with Crippen LogP contribution in [-0.2, 0) is 23.5 Å². The van der Waals surface area contributed by atoms with Crippen molar-refractivity contribution >= 4 is 34.3 Å². The van der Waals surface area contributed by atoms with Crippen LogP contribution in [0.3, 0.4) is 0 Å². The SMILES string of the molecule is Cc1cccc2c(=O)[nH]c(CSC3CCN(Cc4ccc5c(c4)NC(=O)C5)CC3)nc12. The van der Waals surface area contributed by atoms with Crippen LogP contribution in [0.4, 0.5) is 5.69 Å². The molecule has 2 N–H and O–H groups in total. The van der Waals surface area contributed by atoms with Crippen LogP contribution < -0.4 is 10.9 Å². The highest BCUT2D eigenvalue weighted by Gasteiger charge is 2.22. The first-order chi connectivity index (χ1) is 15.0. The standard InChI is InChI=1S/C24H26N4O2S/c1-15-3-2-4-19-23(15)26-21(27-24(19)30)14-31-18-7-9-28(10-8-18)13-16-5-6-17-12-22(29)25-20(17)11-16/h2-6,11,18H,7-10,12-14H2,1H3,(H,25,29)(H,26,27,30). The minimum Gasteiger partial charge on any atom is -0.326 e. The fraction of sp³-hybridized carbons (Fsp3) is 0.375. The highest BCUT2D eigenvalue weighted by atomic mass is 32.2. The lowest BCUT2D eigenvalue weighted by atomic mass is 10.1. The zero-order valence-electron chi connectivity index (χ0n) is 17.6. The smallest absolute Gasteiger partial charge is 0.258 e. The predicted molar refractivity (Wildman–Crippen MR) is 125 cm³/mol. The number of amides is 1. The molecule has 0 spiro atoms. The lowest BCUT2D eigenvalue weighted by molar-refractivity contribution is -0.115. The third-order valence-corrected chi connectivity index (χ3v) is 7.57. The lowest BCUT2D eigenvalue weighted by Crippen LogP contribution is -2.34. The summed E-state index contributed by atoms with van der Waals surface area (Å²) in [5.74, 6) is 1.58. The number of likely N-dealkylation sites (tertiary alicyclic amines) is 1. The zero-order valence-corrected chi connectivity index (χ0v) is 18.4. The average molecular weight is 435 g/mol. The molecule has 0 bridgehead atoms. The van der Waals surface area contributed by atoms with E-state index in [2.05, 4.69) is 33.4 Å². The largest absolute Gasteiger partial charge is 0.326 e. The Kier molecular flexibility index (Phi) is 5.54. The van der Waals surface area contributed by atoms with E-state index in [0.717, 1.165) is 66.4 Å². The van der Waals surface area contributed by atoms with Crippen molar-refractivity contribution < 1.29 is 4.79 Å². The third-order valence-electron chi connectivity index (χ3n) is 6.18. The Hall–Kier alpha value is -2.64. The quantitative estimate of drug-likeness (QED) is 0.641. The van der Waals surface area contributed by atoms with Gasteiger partial charge in [0.2, 0.25) is 5.91 Å². The van der Waals surface area contributed by atoms with Crippen molar-refractivity contribution in [3.8, 4) is 0 Å². The van der Waals surface area contributed by atoms with Crippen molar-refractivity contribution in [3.63, 3.8) is 0 Å². The average Bonchev–Trinajstić information content (AvgIpc) is 3.13. The Bertz CT molecular complexity index is 1200. The van der Waals surface area contributed by atoms with E-state index in [0.29, 0.717) is 17.1 Å². The molecule has 2 aliphatic rings. The number of aromatic amines is 1. The van der Waals surface area contributed by atoms with Gasteiger partial charge in [-0.25, -0.2) is 4.98 Å². The van der Waals surface area contributed by atoms with Gasteiger partial charge in [-0.15, -0.1) is 0 Å². The molecule has 0 unspecified atom stereocenters. The number of carbonyl (C=O) groups excluding carboxylic acids is 1. The topological polar surface area (TPSA) is 78.1 Å². The minimum absolute atomic E-state index is 0.0512. The van der Waals surface area contributed by atoms with Gasteiger partial charge in [0.15, 0.2) is 0 Å². The number of benzene rings is 2. The van der Waals surface area contributed by atoms with Gasteiger partial charge >= 0.3 is 0 Å². The van der Waals surface area contributed by atoms with Crippen LogP contribution in [-0.4, -0.2) is 39.1 Å². The molecule has 2 aliphatic heterocycles. The molecule has 0 radical (unpaired) electrons. The van der Waals surface area contributed by atoms with Gasteiger partial charge in [-0.1, -0.05) is 24.3 Å². The van der Waals surface area contributed by atoms with Gasteiger partial charge in [0.05, 0.1) is 23.1 Å². The summed E-state index contributed by atoms with van der Waals surface area (Å²) in [7, 11) is 0. The highest BCUT2D eigenvalue weighted by molar-refractivity contribution is 7.99. The fourth-order valence-corrected chi connectivity index (χ4v) is 5.54. The molecule has 1 amide bonds. The number of anilines is 1. The van der Waals surface area contributed by atoms with E-state index < -0.39 is 0 Å². The molecule has 3 aromatic rings. The monoisotopic (exact) mass is 434 g/mol. The molecular formula is C24H26N4O2S. The molecule has 160 valence electrons. The second-order valence-corrected chi connectivity index (χ2v) is 9.78. The van der Waals surface area contributed by atoms with Gasteiger partial charge in [0.1, 0.15) is 5.82 Å². The van der Waals surface area contributed by atoms with Crippen LogP contribution in [0.15, 0.2) is 41.2 Å². The second kappa shape index (κ2) is 8.48. The predicted octanol–water partition coefficient (Wildman–Crippen LogP) is 3.62. The van der Waals surface area contributed by atoms with E-state index in [1.807, 2.05) is 36.9 Å². The molecule has 2 aromatic carbocycles. The Morgan fingerprint density at radius 1 is 1.16 bits per heavy atom. The summed E-state index contributed by atoms with van der Waals surface area (Å²) in [6.45, 7) is 5.03. The number of para-hydroxylation sites is 1. The number of H-pyrrole nitrogens is 1. The first-order valence-electron chi connectivity index (χ1n) is 10.8. The number of piperidine rings is 1. The molecule has 31 heavy (non-hydrogen) atoms. The van der Waals surface area contributed by atoms with E-state index in [9.17, 15) is 9.59 Å². The number of hydrogen-bond acceptors (Lipinski definition) is 5. The molecule has 1 aromatic heterocycles. The van der Waals surface area contributed by atoms with Gasteiger partial charge in [0, 0.05) is 17.5 Å². The van der Waals surface area contributed by atoms with Crippen LogP contribution in [0, 0.1) is 6.92 Å². The maximum absolute atomic E-state index is 12.4. The van der Waals surface area contributed by atoms with Crippen LogP contribution >= 0.6 is 11.8 Å². The van der Waals surface area contributed by atoms with Crippen molar-refractivity contribution in [3.05, 3.63) is 69.3 Å². The second-order valence-electron chi connectivity index (χ2n) is 8.49. The Morgan fingerprint density at radius 2 is 2.00 bits per heavy atom. The molecule has 7 heteroatoms. The number of rotatable bonds is 5. The fourth-order valence-electron chi connectivity index (χ4n) is 4.47. The summed E-state index contributed by atoms with van der Waals surface area (Å²) in [6, 6.07) is 12.1. The summed E-state index contributed by atoms with van der Waals surface area (Å²) in [5.41, 5.74) is 5.11. The van der Waals surface area contributed by atoms with E-state index in [1.54, 1.807) is 0 Å². The molecule has 5 rings (SSSR count). The van der Waals surface area contributed by atoms with Gasteiger partial charge < -0.3 is 10.3 Å². The molecule has 3 heterocycles. The van der Waals surface area contributed by atoms with Crippen molar-refractivity contribution in [1.82, 2.24) is 14.9 Å². The number of nitrogens with one attached hydrogen (secondary N) is 2. The summed E-state index contributed by atoms with van der Waals surface area (Å²) < 4.78 is 0. The first-order valence-corrected chi connectivity index (χ1v) is 11.8. The normalized spacial score (nSPS) is 17.1. The summed E-state index contributed by atoms with van der Waals surface area (Å²) in [4.78, 5) is 34.1. The van der Waals surface area contributed by atoms with Crippen molar-refractivity contribution in [2.45, 2.75) is 43.7 Å². The van der Waals surface area contributed by atoms with Crippen LogP contribution in [0.5, 0.6) is 0 Å². The Morgan fingerprint density at radius 3 is 2.84 bits per heavy atom. The van der Waals surface area contributed by atoms with E-state index in [4.69, 9.17) is 4.98 Å².